The van der Waals surface area contributed by atoms with Crippen LogP contribution in [0.4, 0.5) is 17.6 Å². The van der Waals surface area contributed by atoms with Crippen LogP contribution in [0, 0.1) is 11.2 Å². The van der Waals surface area contributed by atoms with Crippen LogP contribution in [-0.2, 0) is 27.9 Å². The zero-order chi connectivity index (χ0) is 31.4. The van der Waals surface area contributed by atoms with E-state index in [1.807, 2.05) is 13.8 Å². The Bertz CT molecular complexity index is 1750. The molecule has 4 aromatic rings. The third-order valence-electron chi connectivity index (χ3n) is 8.72. The van der Waals surface area contributed by atoms with Gasteiger partial charge < -0.3 is 9.63 Å². The molecule has 2 N–H and O–H groups in total. The first-order valence-corrected chi connectivity index (χ1v) is 14.1. The summed E-state index contributed by atoms with van der Waals surface area (Å²) in [5.74, 6) is -3.56. The van der Waals surface area contributed by atoms with Crippen molar-refractivity contribution in [3.8, 4) is 11.4 Å². The molecule has 230 valence electrons. The highest BCUT2D eigenvalue weighted by Crippen LogP contribution is 2.48. The number of rotatable bonds is 5. The molecule has 1 unspecified atom stereocenters. The van der Waals surface area contributed by atoms with Crippen LogP contribution in [0.5, 0.6) is 0 Å². The molecule has 6 rings (SSSR count). The molecule has 0 bridgehead atoms. The summed E-state index contributed by atoms with van der Waals surface area (Å²) < 4.78 is 58.9. The third-order valence-corrected chi connectivity index (χ3v) is 8.72. The van der Waals surface area contributed by atoms with Gasteiger partial charge in [0, 0.05) is 54.2 Å². The van der Waals surface area contributed by atoms with Crippen molar-refractivity contribution in [3.05, 3.63) is 77.1 Å². The predicted octanol–water partition coefficient (Wildman–Crippen LogP) is 5.08. The van der Waals surface area contributed by atoms with E-state index in [-0.39, 0.29) is 35.5 Å². The van der Waals surface area contributed by atoms with Gasteiger partial charge >= 0.3 is 12.1 Å². The molecule has 2 saturated heterocycles. The van der Waals surface area contributed by atoms with Crippen LogP contribution in [-0.4, -0.2) is 50.0 Å². The van der Waals surface area contributed by atoms with Gasteiger partial charge in [-0.3, -0.25) is 24.8 Å². The zero-order valence-corrected chi connectivity index (χ0v) is 23.9. The summed E-state index contributed by atoms with van der Waals surface area (Å²) in [5, 5.41) is 17.9. The summed E-state index contributed by atoms with van der Waals surface area (Å²) in [6.45, 7) is 5.13. The Labute approximate surface area is 249 Å². The predicted molar refractivity (Wildman–Crippen MR) is 149 cm³/mol. The van der Waals surface area contributed by atoms with Gasteiger partial charge in [-0.15, -0.1) is 0 Å². The number of fused-ring (bicyclic) bond motifs is 1. The van der Waals surface area contributed by atoms with Crippen molar-refractivity contribution < 1.29 is 36.8 Å². The maximum Gasteiger partial charge on any atom is 0.471 e. The number of hydrogen-bond acceptors (Lipinski definition) is 8. The number of alkyl halides is 3. The normalized spacial score (nSPS) is 22.8. The quantitative estimate of drug-likeness (QED) is 0.237. The summed E-state index contributed by atoms with van der Waals surface area (Å²) in [7, 11) is 0. The minimum atomic E-state index is -4.72. The lowest BCUT2D eigenvalue weighted by atomic mass is 9.66. The minimum Gasteiger partial charge on any atom is -0.384 e. The van der Waals surface area contributed by atoms with E-state index >= 15 is 4.39 Å². The number of aliphatic hydroxyl groups is 1. The van der Waals surface area contributed by atoms with Gasteiger partial charge in [0.1, 0.15) is 5.82 Å². The molecule has 2 aromatic carbocycles. The molecule has 2 aliphatic rings. The molecule has 0 aliphatic carbocycles. The lowest BCUT2D eigenvalue weighted by molar-refractivity contribution is -0.159. The molecule has 0 spiro atoms. The average Bonchev–Trinajstić information content (AvgIpc) is 3.47. The van der Waals surface area contributed by atoms with Crippen LogP contribution in [0.2, 0.25) is 0 Å². The Morgan fingerprint density at radius 2 is 1.89 bits per heavy atom. The van der Waals surface area contributed by atoms with Gasteiger partial charge in [0.25, 0.3) is 0 Å². The van der Waals surface area contributed by atoms with Crippen LogP contribution >= 0.6 is 0 Å². The van der Waals surface area contributed by atoms with Crippen LogP contribution in [0.1, 0.15) is 61.6 Å². The van der Waals surface area contributed by atoms with Crippen LogP contribution in [0.25, 0.3) is 22.3 Å². The van der Waals surface area contributed by atoms with Crippen LogP contribution in [0.3, 0.4) is 0 Å². The number of imide groups is 1. The smallest absolute Gasteiger partial charge is 0.384 e. The van der Waals surface area contributed by atoms with Gasteiger partial charge in [0.05, 0.1) is 17.0 Å². The molecule has 2 atom stereocenters. The van der Waals surface area contributed by atoms with Crippen molar-refractivity contribution in [1.29, 1.82) is 0 Å². The maximum absolute atomic E-state index is 16.2. The van der Waals surface area contributed by atoms with Crippen LogP contribution in [0.15, 0.2) is 53.2 Å². The summed E-state index contributed by atoms with van der Waals surface area (Å²) >= 11 is 0. The number of aromatic nitrogens is 3. The number of nitrogens with one attached hydrogen (secondary N) is 1. The number of pyridine rings is 1. The van der Waals surface area contributed by atoms with Gasteiger partial charge in [-0.2, -0.15) is 18.2 Å². The standard InChI is InChI=1S/C31H29F4N5O4/c1-29(2)16-40(15-17-3-5-18(6-4-17)26-38-28(44-39-26)31(33,34)35)12-11-30(29,43)22-8-9-23-21(25(22)32)13-19(14-36-23)20-7-10-24(41)37-27(20)42/h3-6,8-9,13-14,20,43H,7,10-12,15-16H2,1-2H3,(H,37,41,42)/t20?,30-/m1/s1. The van der Waals surface area contributed by atoms with Gasteiger partial charge in [-0.25, -0.2) is 4.39 Å². The molecule has 9 nitrogen and oxygen atoms in total. The molecule has 0 radical (unpaired) electrons. The van der Waals surface area contributed by atoms with E-state index in [0.717, 1.165) is 5.56 Å². The van der Waals surface area contributed by atoms with E-state index in [9.17, 15) is 27.9 Å². The number of carbonyl (C=O) groups excluding carboxylic acids is 2. The van der Waals surface area contributed by atoms with Crippen LogP contribution < -0.4 is 5.32 Å². The van der Waals surface area contributed by atoms with Crippen molar-refractivity contribution in [2.75, 3.05) is 13.1 Å². The second-order valence-corrected chi connectivity index (χ2v) is 12.1. The molecule has 2 fully saturated rings. The fraction of sp³-hybridized carbons (Fsp3) is 0.387. The molecule has 2 amide bonds. The van der Waals surface area contributed by atoms with E-state index in [1.54, 1.807) is 42.5 Å². The molecular formula is C31H29F4N5O4. The highest BCUT2D eigenvalue weighted by atomic mass is 19.4. The first-order valence-electron chi connectivity index (χ1n) is 14.1. The van der Waals surface area contributed by atoms with E-state index in [0.29, 0.717) is 42.7 Å². The monoisotopic (exact) mass is 611 g/mol. The van der Waals surface area contributed by atoms with Crippen molar-refractivity contribution in [3.63, 3.8) is 0 Å². The second kappa shape index (κ2) is 10.7. The summed E-state index contributed by atoms with van der Waals surface area (Å²) in [4.78, 5) is 33.9. The van der Waals surface area contributed by atoms with Crippen molar-refractivity contribution in [2.45, 2.75) is 57.3 Å². The topological polar surface area (TPSA) is 121 Å². The Morgan fingerprint density at radius 3 is 2.55 bits per heavy atom. The molecule has 13 heteroatoms. The van der Waals surface area contributed by atoms with E-state index in [1.165, 1.54) is 6.20 Å². The highest BCUT2D eigenvalue weighted by molar-refractivity contribution is 6.01. The van der Waals surface area contributed by atoms with Gasteiger partial charge in [0.2, 0.25) is 17.6 Å². The number of amides is 2. The number of carbonyl (C=O) groups is 2. The van der Waals surface area contributed by atoms with E-state index in [2.05, 4.69) is 29.9 Å². The Morgan fingerprint density at radius 1 is 1.14 bits per heavy atom. The van der Waals surface area contributed by atoms with Gasteiger partial charge in [-0.1, -0.05) is 49.3 Å². The van der Waals surface area contributed by atoms with Crippen molar-refractivity contribution in [1.82, 2.24) is 25.3 Å². The van der Waals surface area contributed by atoms with Crippen molar-refractivity contribution >= 4 is 22.7 Å². The molecule has 0 saturated carbocycles. The summed E-state index contributed by atoms with van der Waals surface area (Å²) in [6.07, 6.45) is -2.46. The fourth-order valence-corrected chi connectivity index (χ4v) is 6.24. The van der Waals surface area contributed by atoms with Crippen molar-refractivity contribution in [2.24, 2.45) is 5.41 Å². The molecule has 2 aliphatic heterocycles. The first kappa shape index (κ1) is 29.8. The highest BCUT2D eigenvalue weighted by Gasteiger charge is 2.50. The molecule has 2 aromatic heterocycles. The second-order valence-electron chi connectivity index (χ2n) is 12.1. The number of likely N-dealkylation sites (tertiary alicyclic amines) is 1. The molecule has 4 heterocycles. The Hall–Kier alpha value is -4.23. The number of halogens is 4. The summed E-state index contributed by atoms with van der Waals surface area (Å²) in [5.41, 5.74) is 0.0187. The van der Waals surface area contributed by atoms with E-state index in [4.69, 9.17) is 0 Å². The largest absolute Gasteiger partial charge is 0.471 e. The zero-order valence-electron chi connectivity index (χ0n) is 23.9. The minimum absolute atomic E-state index is 0.152. The third kappa shape index (κ3) is 5.34. The van der Waals surface area contributed by atoms with E-state index < -0.39 is 40.7 Å². The number of benzene rings is 2. The lowest BCUT2D eigenvalue weighted by Crippen LogP contribution is -2.55. The number of nitrogens with zero attached hydrogens (tertiary/aromatic N) is 4. The SMILES string of the molecule is CC1(C)CN(Cc2ccc(-c3noc(C(F)(F)F)n3)cc2)CC[C@@]1(O)c1ccc2ncc(C3CCC(=O)NC3=O)cc2c1F. The summed E-state index contributed by atoms with van der Waals surface area (Å²) in [6, 6.07) is 11.6. The molecule has 44 heavy (non-hydrogen) atoms. The fourth-order valence-electron chi connectivity index (χ4n) is 6.24. The van der Waals surface area contributed by atoms with Gasteiger partial charge in [-0.05, 0) is 36.1 Å². The lowest BCUT2D eigenvalue weighted by Gasteiger charge is -2.50. The first-order chi connectivity index (χ1) is 20.7. The maximum atomic E-state index is 16.2. The van der Waals surface area contributed by atoms with Gasteiger partial charge in [0.15, 0.2) is 0 Å². The average molecular weight is 612 g/mol. The molecular weight excluding hydrogens is 582 g/mol. The Kier molecular flexibility index (Phi) is 7.28. The Balaban J connectivity index is 1.20. The number of piperidine rings is 2. The number of hydrogen-bond donors (Lipinski definition) is 2.